The summed E-state index contributed by atoms with van der Waals surface area (Å²) in [4.78, 5) is 10.8. The number of carbonyl (C=O) groups excluding carboxylic acids is 1. The van der Waals surface area contributed by atoms with Gasteiger partial charge in [0.25, 0.3) is 0 Å². The minimum Gasteiger partial charge on any atom is -0.466 e. The lowest BCUT2D eigenvalue weighted by Crippen LogP contribution is -1.92. The topological polar surface area (TPSA) is 26.3 Å². The summed E-state index contributed by atoms with van der Waals surface area (Å²) in [6.45, 7) is 2.27. The van der Waals surface area contributed by atoms with Gasteiger partial charge in [-0.1, -0.05) is 89.4 Å². The van der Waals surface area contributed by atoms with Crippen molar-refractivity contribution in [2.75, 3.05) is 7.11 Å². The van der Waals surface area contributed by atoms with E-state index in [1.165, 1.54) is 83.8 Å². The third kappa shape index (κ3) is 16.9. The molecule has 0 unspecified atom stereocenters. The van der Waals surface area contributed by atoms with Gasteiger partial charge in [-0.15, -0.1) is 0 Å². The van der Waals surface area contributed by atoms with Gasteiger partial charge in [0.2, 0.25) is 0 Å². The molecule has 0 spiro atoms. The highest BCUT2D eigenvalue weighted by Crippen LogP contribution is 2.11. The van der Waals surface area contributed by atoms with E-state index in [2.05, 4.69) is 17.7 Å². The van der Waals surface area contributed by atoms with Crippen molar-refractivity contribution in [2.24, 2.45) is 0 Å². The molecule has 0 amide bonds. The van der Waals surface area contributed by atoms with Crippen molar-refractivity contribution in [1.29, 1.82) is 0 Å². The van der Waals surface area contributed by atoms with Crippen LogP contribution in [0.15, 0.2) is 24.3 Å². The Balaban J connectivity index is 3.17. The smallest absolute Gasteiger partial charge is 0.330 e. The Hall–Kier alpha value is -1.05. The van der Waals surface area contributed by atoms with Crippen LogP contribution < -0.4 is 0 Å². The molecule has 0 aromatic rings. The molecule has 0 atom stereocenters. The Morgan fingerprint density at radius 3 is 1.86 bits per heavy atom. The molecule has 2 nitrogen and oxygen atoms in total. The van der Waals surface area contributed by atoms with E-state index in [0.29, 0.717) is 0 Å². The highest BCUT2D eigenvalue weighted by Gasteiger charge is 1.92. The second-order valence-corrected chi connectivity index (χ2v) is 5.63. The number of carbonyl (C=O) groups is 1. The zero-order valence-electron chi connectivity index (χ0n) is 14.1. The van der Waals surface area contributed by atoms with E-state index in [4.69, 9.17) is 0 Å². The van der Waals surface area contributed by atoms with Crippen molar-refractivity contribution in [3.05, 3.63) is 24.3 Å². The number of rotatable bonds is 14. The standard InChI is InChI=1S/C19H34O2/c1-3-4-5-6-7-8-9-10-11-12-13-14-15-16-17-18-19(20)21-2/h15-18H,3-14H2,1-2H3/b16-15?,18-17-. The SMILES string of the molecule is CCCCCCCCCCCCCC=C/C=C\C(=O)OC. The lowest BCUT2D eigenvalue weighted by molar-refractivity contribution is -0.134. The minimum absolute atomic E-state index is 0.297. The van der Waals surface area contributed by atoms with Crippen LogP contribution >= 0.6 is 0 Å². The number of methoxy groups -OCH3 is 1. The van der Waals surface area contributed by atoms with Gasteiger partial charge in [0.1, 0.15) is 0 Å². The van der Waals surface area contributed by atoms with Crippen LogP contribution in [-0.2, 0) is 9.53 Å². The highest BCUT2D eigenvalue weighted by atomic mass is 16.5. The number of allylic oxidation sites excluding steroid dienone is 3. The van der Waals surface area contributed by atoms with Gasteiger partial charge in [0.15, 0.2) is 0 Å². The van der Waals surface area contributed by atoms with Crippen molar-refractivity contribution in [3.63, 3.8) is 0 Å². The Bertz CT molecular complexity index is 279. The molecule has 0 aliphatic carbocycles. The quantitative estimate of drug-likeness (QED) is 0.171. The zero-order chi connectivity index (χ0) is 15.6. The molecule has 0 aliphatic rings. The minimum atomic E-state index is -0.297. The summed E-state index contributed by atoms with van der Waals surface area (Å²) in [7, 11) is 1.39. The van der Waals surface area contributed by atoms with Gasteiger partial charge in [-0.25, -0.2) is 4.79 Å². The van der Waals surface area contributed by atoms with Gasteiger partial charge in [0.05, 0.1) is 7.11 Å². The molecule has 0 heterocycles. The monoisotopic (exact) mass is 294 g/mol. The first-order valence-electron chi connectivity index (χ1n) is 8.72. The van der Waals surface area contributed by atoms with Crippen LogP contribution in [0.3, 0.4) is 0 Å². The van der Waals surface area contributed by atoms with Gasteiger partial charge in [-0.2, -0.15) is 0 Å². The third-order valence-electron chi connectivity index (χ3n) is 3.66. The van der Waals surface area contributed by atoms with Gasteiger partial charge in [-0.3, -0.25) is 0 Å². The molecule has 0 bridgehead atoms. The predicted molar refractivity (Wildman–Crippen MR) is 91.4 cm³/mol. The van der Waals surface area contributed by atoms with Crippen LogP contribution in [0.5, 0.6) is 0 Å². The maximum absolute atomic E-state index is 10.8. The second-order valence-electron chi connectivity index (χ2n) is 5.63. The summed E-state index contributed by atoms with van der Waals surface area (Å²) >= 11 is 0. The highest BCUT2D eigenvalue weighted by molar-refractivity contribution is 5.82. The fourth-order valence-electron chi connectivity index (χ4n) is 2.30. The van der Waals surface area contributed by atoms with Gasteiger partial charge < -0.3 is 4.74 Å². The number of hydrogen-bond donors (Lipinski definition) is 0. The van der Waals surface area contributed by atoms with Crippen LogP contribution in [0.2, 0.25) is 0 Å². The van der Waals surface area contributed by atoms with Crippen LogP contribution in [-0.4, -0.2) is 13.1 Å². The van der Waals surface area contributed by atoms with Crippen molar-refractivity contribution in [1.82, 2.24) is 0 Å². The number of esters is 1. The van der Waals surface area contributed by atoms with E-state index in [0.717, 1.165) is 6.42 Å². The summed E-state index contributed by atoms with van der Waals surface area (Å²) in [5.74, 6) is -0.297. The van der Waals surface area contributed by atoms with E-state index in [9.17, 15) is 4.79 Å². The van der Waals surface area contributed by atoms with Crippen molar-refractivity contribution >= 4 is 5.97 Å². The Morgan fingerprint density at radius 1 is 0.810 bits per heavy atom. The first kappa shape index (κ1) is 19.9. The third-order valence-corrected chi connectivity index (χ3v) is 3.66. The summed E-state index contributed by atoms with van der Waals surface area (Å²) in [5.41, 5.74) is 0. The van der Waals surface area contributed by atoms with Gasteiger partial charge in [0, 0.05) is 6.08 Å². The molecular weight excluding hydrogens is 260 g/mol. The normalized spacial score (nSPS) is 11.5. The van der Waals surface area contributed by atoms with E-state index < -0.39 is 0 Å². The fourth-order valence-corrected chi connectivity index (χ4v) is 2.30. The van der Waals surface area contributed by atoms with Crippen LogP contribution in [0.25, 0.3) is 0 Å². The number of ether oxygens (including phenoxy) is 1. The Kier molecular flexibility index (Phi) is 16.2. The van der Waals surface area contributed by atoms with Crippen molar-refractivity contribution in [3.8, 4) is 0 Å². The van der Waals surface area contributed by atoms with E-state index in [1.54, 1.807) is 6.08 Å². The molecule has 0 rings (SSSR count). The summed E-state index contributed by atoms with van der Waals surface area (Å²) in [5, 5.41) is 0. The molecule has 0 aromatic carbocycles. The molecule has 2 heteroatoms. The molecule has 0 radical (unpaired) electrons. The molecule has 21 heavy (non-hydrogen) atoms. The largest absolute Gasteiger partial charge is 0.466 e. The molecule has 122 valence electrons. The molecule has 0 N–H and O–H groups in total. The predicted octanol–water partition coefficient (Wildman–Crippen LogP) is 5.97. The maximum Gasteiger partial charge on any atom is 0.330 e. The average molecular weight is 294 g/mol. The number of hydrogen-bond acceptors (Lipinski definition) is 2. The molecule has 0 aliphatic heterocycles. The summed E-state index contributed by atoms with van der Waals surface area (Å²) in [6.07, 6.45) is 23.5. The Morgan fingerprint density at radius 2 is 1.33 bits per heavy atom. The van der Waals surface area contributed by atoms with Crippen LogP contribution in [0, 0.1) is 0 Å². The van der Waals surface area contributed by atoms with Gasteiger partial charge in [-0.05, 0) is 12.8 Å². The first-order chi connectivity index (χ1) is 10.3. The lowest BCUT2D eigenvalue weighted by Gasteiger charge is -2.01. The van der Waals surface area contributed by atoms with Crippen LogP contribution in [0.4, 0.5) is 0 Å². The lowest BCUT2D eigenvalue weighted by atomic mass is 10.1. The fraction of sp³-hybridized carbons (Fsp3) is 0.737. The van der Waals surface area contributed by atoms with E-state index in [1.807, 2.05) is 6.08 Å². The first-order valence-corrected chi connectivity index (χ1v) is 8.72. The van der Waals surface area contributed by atoms with Gasteiger partial charge >= 0.3 is 5.97 Å². The molecular formula is C19H34O2. The molecule has 0 fully saturated rings. The van der Waals surface area contributed by atoms with Crippen molar-refractivity contribution < 1.29 is 9.53 Å². The van der Waals surface area contributed by atoms with Crippen LogP contribution in [0.1, 0.15) is 84.0 Å². The van der Waals surface area contributed by atoms with E-state index >= 15 is 0 Å². The average Bonchev–Trinajstić information content (AvgIpc) is 2.50. The molecule has 0 saturated heterocycles. The molecule has 0 aromatic heterocycles. The van der Waals surface area contributed by atoms with E-state index in [-0.39, 0.29) is 5.97 Å². The molecule has 0 saturated carbocycles. The second kappa shape index (κ2) is 17.0. The summed E-state index contributed by atoms with van der Waals surface area (Å²) < 4.78 is 4.51. The Labute approximate surface area is 131 Å². The number of unbranched alkanes of at least 4 members (excludes halogenated alkanes) is 11. The summed E-state index contributed by atoms with van der Waals surface area (Å²) in [6, 6.07) is 0. The zero-order valence-corrected chi connectivity index (χ0v) is 14.1. The van der Waals surface area contributed by atoms with Crippen molar-refractivity contribution in [2.45, 2.75) is 84.0 Å². The maximum atomic E-state index is 10.8.